The molecule has 3 unspecified atom stereocenters. The minimum atomic E-state index is -0.231. The average molecular weight is 770 g/mol. The smallest absolute Gasteiger partial charge is 0.149 e. The minimum absolute atomic E-state index is 0.00703. The number of aliphatic imine (C=N–C) groups is 1. The third kappa shape index (κ3) is 5.64. The molecule has 3 heterocycles. The minimum Gasteiger partial charge on any atom is -0.483 e. The number of nitrogens with one attached hydrogen (secondary N) is 1. The molecule has 0 amide bonds. The van der Waals surface area contributed by atoms with Crippen molar-refractivity contribution in [2.45, 2.75) is 18.2 Å². The van der Waals surface area contributed by atoms with E-state index in [9.17, 15) is 0 Å². The second kappa shape index (κ2) is 14.0. The van der Waals surface area contributed by atoms with Crippen LogP contribution in [0, 0.1) is 0 Å². The Balaban J connectivity index is 0.957. The molecule has 0 radical (unpaired) electrons. The number of hydrogen-bond acceptors (Lipinski definition) is 3. The second-order valence-electron chi connectivity index (χ2n) is 15.9. The van der Waals surface area contributed by atoms with Gasteiger partial charge in [0.25, 0.3) is 0 Å². The number of allylic oxidation sites excluding steroid dienone is 4. The number of fused-ring (bicyclic) bond motifs is 7. The van der Waals surface area contributed by atoms with Gasteiger partial charge in [0.15, 0.2) is 0 Å². The molecule has 12 rings (SSSR count). The summed E-state index contributed by atoms with van der Waals surface area (Å²) in [5.74, 6) is 1.72. The topological polar surface area (TPSA) is 38.5 Å². The molecule has 4 heteroatoms. The van der Waals surface area contributed by atoms with Crippen molar-refractivity contribution in [2.75, 3.05) is 0 Å². The maximum Gasteiger partial charge on any atom is 0.149 e. The van der Waals surface area contributed by atoms with Crippen LogP contribution in [-0.4, -0.2) is 22.5 Å². The Hall–Kier alpha value is -7.69. The number of ether oxygens (including phenoxy) is 1. The van der Waals surface area contributed by atoms with E-state index in [2.05, 4.69) is 222 Å². The fourth-order valence-electron chi connectivity index (χ4n) is 9.56. The average Bonchev–Trinajstić information content (AvgIpc) is 3.87. The fraction of sp³-hybridized carbons (Fsp3) is 0.0536. The van der Waals surface area contributed by atoms with E-state index in [4.69, 9.17) is 9.73 Å². The molecular weight excluding hydrogens is 731 g/mol. The van der Waals surface area contributed by atoms with Gasteiger partial charge in [-0.1, -0.05) is 182 Å². The van der Waals surface area contributed by atoms with Crippen LogP contribution in [0.25, 0.3) is 66.5 Å². The Kier molecular flexibility index (Phi) is 8.02. The van der Waals surface area contributed by atoms with Crippen molar-refractivity contribution >= 4 is 38.9 Å². The largest absolute Gasteiger partial charge is 0.483 e. The summed E-state index contributed by atoms with van der Waals surface area (Å²) in [6.07, 6.45) is 15.1. The standard InChI is InChI=1S/C56H39N3O/c1-4-14-36(15-5-1)39-26-28-40(29-27-39)54-43-20-10-11-23-48(43)57-56(58-54)45-22-13-25-52-53(45)44-21-12-24-51(55(44)60-52)59-49-32-30-41(37-16-6-2-7-17-37)34-46(49)47-35-42(31-33-50(47)59)38-18-8-3-9-19-38/h1-35,48,51,55H,(H,57,58). The highest BCUT2D eigenvalue weighted by molar-refractivity contribution is 6.12. The molecule has 0 saturated carbocycles. The van der Waals surface area contributed by atoms with Crippen molar-refractivity contribution in [1.82, 2.24) is 9.88 Å². The van der Waals surface area contributed by atoms with E-state index in [1.165, 1.54) is 55.2 Å². The highest BCUT2D eigenvalue weighted by Crippen LogP contribution is 2.48. The Labute approximate surface area is 349 Å². The number of aromatic nitrogens is 1. The molecule has 2 aliphatic carbocycles. The summed E-state index contributed by atoms with van der Waals surface area (Å²) < 4.78 is 9.57. The van der Waals surface area contributed by atoms with Crippen molar-refractivity contribution in [1.29, 1.82) is 0 Å². The Bertz CT molecular complexity index is 3090. The van der Waals surface area contributed by atoms with Gasteiger partial charge in [0.1, 0.15) is 17.7 Å². The van der Waals surface area contributed by atoms with E-state index in [0.717, 1.165) is 45.1 Å². The molecule has 284 valence electrons. The maximum atomic E-state index is 7.08. The van der Waals surface area contributed by atoms with E-state index in [1.807, 2.05) is 0 Å². The summed E-state index contributed by atoms with van der Waals surface area (Å²) in [5, 5.41) is 6.26. The van der Waals surface area contributed by atoms with Crippen LogP contribution in [0.5, 0.6) is 5.75 Å². The Morgan fingerprint density at radius 1 is 0.517 bits per heavy atom. The zero-order valence-electron chi connectivity index (χ0n) is 32.7. The van der Waals surface area contributed by atoms with Gasteiger partial charge in [-0.15, -0.1) is 0 Å². The van der Waals surface area contributed by atoms with Gasteiger partial charge in [0, 0.05) is 49.6 Å². The van der Waals surface area contributed by atoms with Crippen molar-refractivity contribution in [3.8, 4) is 39.1 Å². The second-order valence-corrected chi connectivity index (χ2v) is 15.9. The summed E-state index contributed by atoms with van der Waals surface area (Å²) in [6.45, 7) is 0. The van der Waals surface area contributed by atoms with Crippen LogP contribution in [0.4, 0.5) is 0 Å². The van der Waals surface area contributed by atoms with E-state index in [1.54, 1.807) is 0 Å². The van der Waals surface area contributed by atoms with Gasteiger partial charge in [-0.3, -0.25) is 0 Å². The third-order valence-electron chi connectivity index (χ3n) is 12.4. The van der Waals surface area contributed by atoms with Gasteiger partial charge in [-0.25, -0.2) is 4.99 Å². The van der Waals surface area contributed by atoms with E-state index in [-0.39, 0.29) is 18.2 Å². The molecule has 1 N–H and O–H groups in total. The molecule has 3 atom stereocenters. The first kappa shape index (κ1) is 34.4. The lowest BCUT2D eigenvalue weighted by Crippen LogP contribution is -2.39. The highest BCUT2D eigenvalue weighted by atomic mass is 16.5. The zero-order chi connectivity index (χ0) is 39.6. The summed E-state index contributed by atoms with van der Waals surface area (Å²) in [5.41, 5.74) is 16.1. The quantitative estimate of drug-likeness (QED) is 0.183. The first-order chi connectivity index (χ1) is 29.7. The normalized spacial score (nSPS) is 18.7. The molecule has 0 bridgehead atoms. The number of benzene rings is 7. The van der Waals surface area contributed by atoms with Crippen LogP contribution in [0.1, 0.15) is 22.7 Å². The molecule has 0 saturated heterocycles. The van der Waals surface area contributed by atoms with Crippen LogP contribution in [0.15, 0.2) is 223 Å². The summed E-state index contributed by atoms with van der Waals surface area (Å²) in [6, 6.07) is 60.8. The molecule has 8 aromatic rings. The summed E-state index contributed by atoms with van der Waals surface area (Å²) in [4.78, 5) is 5.44. The summed E-state index contributed by atoms with van der Waals surface area (Å²) in [7, 11) is 0. The predicted molar refractivity (Wildman–Crippen MR) is 248 cm³/mol. The zero-order valence-corrected chi connectivity index (χ0v) is 32.7. The number of rotatable bonds is 6. The summed E-state index contributed by atoms with van der Waals surface area (Å²) >= 11 is 0. The van der Waals surface area contributed by atoms with Crippen molar-refractivity contribution in [2.24, 2.45) is 4.99 Å². The number of nitrogens with zero attached hydrogens (tertiary/aromatic N) is 2. The van der Waals surface area contributed by atoms with Crippen LogP contribution < -0.4 is 10.1 Å². The Morgan fingerprint density at radius 2 is 1.10 bits per heavy atom. The first-order valence-electron chi connectivity index (χ1n) is 20.7. The van der Waals surface area contributed by atoms with Crippen molar-refractivity contribution < 1.29 is 4.74 Å². The van der Waals surface area contributed by atoms with Gasteiger partial charge in [-0.05, 0) is 63.7 Å². The highest BCUT2D eigenvalue weighted by Gasteiger charge is 2.40. The fourth-order valence-corrected chi connectivity index (χ4v) is 9.56. The van der Waals surface area contributed by atoms with Crippen LogP contribution in [-0.2, 0) is 0 Å². The first-order valence-corrected chi connectivity index (χ1v) is 20.7. The van der Waals surface area contributed by atoms with Crippen molar-refractivity contribution in [3.63, 3.8) is 0 Å². The van der Waals surface area contributed by atoms with Crippen LogP contribution in [0.3, 0.4) is 0 Å². The SMILES string of the molecule is C1=CC2=C(c3ccc(-c4ccccc4)cc3)N=C(c3cccc4c3C3=CC=CC(n5c6ccc(-c7ccccc7)cc6c6cc(-c7ccccc7)ccc65)C3O4)NC2C=C1. The molecule has 7 aromatic carbocycles. The lowest BCUT2D eigenvalue weighted by Gasteiger charge is -2.29. The van der Waals surface area contributed by atoms with Gasteiger partial charge in [0.05, 0.1) is 17.8 Å². The predicted octanol–water partition coefficient (Wildman–Crippen LogP) is 13.0. The molecule has 2 aliphatic heterocycles. The van der Waals surface area contributed by atoms with Crippen LogP contribution >= 0.6 is 0 Å². The van der Waals surface area contributed by atoms with Gasteiger partial charge in [-0.2, -0.15) is 0 Å². The van der Waals surface area contributed by atoms with E-state index in [0.29, 0.717) is 0 Å². The Morgan fingerprint density at radius 3 is 1.75 bits per heavy atom. The van der Waals surface area contributed by atoms with Gasteiger partial charge < -0.3 is 14.6 Å². The molecule has 0 fully saturated rings. The lowest BCUT2D eigenvalue weighted by atomic mass is 9.88. The molecule has 4 aliphatic rings. The van der Waals surface area contributed by atoms with Gasteiger partial charge in [0.2, 0.25) is 0 Å². The molecule has 1 aromatic heterocycles. The van der Waals surface area contributed by atoms with Gasteiger partial charge >= 0.3 is 0 Å². The van der Waals surface area contributed by atoms with E-state index >= 15 is 0 Å². The van der Waals surface area contributed by atoms with E-state index < -0.39 is 0 Å². The molecule has 60 heavy (non-hydrogen) atoms. The number of amidine groups is 1. The molecular formula is C56H39N3O. The lowest BCUT2D eigenvalue weighted by molar-refractivity contribution is 0.232. The number of hydrogen-bond donors (Lipinski definition) is 1. The molecule has 4 nitrogen and oxygen atoms in total. The van der Waals surface area contributed by atoms with Crippen molar-refractivity contribution in [3.05, 3.63) is 235 Å². The van der Waals surface area contributed by atoms with Crippen LogP contribution in [0.2, 0.25) is 0 Å². The molecule has 0 spiro atoms. The monoisotopic (exact) mass is 769 g/mol. The third-order valence-corrected chi connectivity index (χ3v) is 12.4. The maximum absolute atomic E-state index is 7.08.